The molecule has 0 aliphatic heterocycles. The highest BCUT2D eigenvalue weighted by molar-refractivity contribution is 7.84. The highest BCUT2D eigenvalue weighted by atomic mass is 32.2. The molecule has 1 heterocycles. The van der Waals surface area contributed by atoms with Crippen molar-refractivity contribution in [2.75, 3.05) is 0 Å². The molecule has 1 aromatic heterocycles. The van der Waals surface area contributed by atoms with Gasteiger partial charge in [0, 0.05) is 21.4 Å². The van der Waals surface area contributed by atoms with E-state index in [2.05, 4.69) is 4.98 Å². The molecule has 0 bridgehead atoms. The molecular weight excluding hydrogens is 234 g/mol. The van der Waals surface area contributed by atoms with Gasteiger partial charge in [0.15, 0.2) is 0 Å². The van der Waals surface area contributed by atoms with Crippen LogP contribution in [0.5, 0.6) is 0 Å². The molecule has 0 aliphatic carbocycles. The molecule has 0 fully saturated rings. The van der Waals surface area contributed by atoms with Crippen molar-refractivity contribution in [1.82, 2.24) is 4.98 Å². The van der Waals surface area contributed by atoms with Crippen molar-refractivity contribution in [3.8, 4) is 0 Å². The maximum absolute atomic E-state index is 11.7. The first-order chi connectivity index (χ1) is 7.04. The van der Waals surface area contributed by atoms with Crippen LogP contribution in [-0.4, -0.2) is 25.5 Å². The number of rotatable bonds is 5. The minimum atomic E-state index is -1.03. The normalized spacial score (nSPS) is 14.8. The molecule has 6 heteroatoms. The van der Waals surface area contributed by atoms with Crippen LogP contribution in [0, 0.1) is 0 Å². The van der Waals surface area contributed by atoms with E-state index in [4.69, 9.17) is 5.11 Å². The average molecular weight is 247 g/mol. The summed E-state index contributed by atoms with van der Waals surface area (Å²) in [5.74, 6) is -0.681. The molecule has 1 rings (SSSR count). The Morgan fingerprint density at radius 1 is 1.73 bits per heavy atom. The summed E-state index contributed by atoms with van der Waals surface area (Å²) in [7, 11) is -0.964. The minimum absolute atomic E-state index is 0.0613. The number of nitrogens with zero attached hydrogens (tertiary/aromatic N) is 1. The van der Waals surface area contributed by atoms with E-state index < -0.39 is 16.8 Å². The second-order valence-electron chi connectivity index (χ2n) is 3.19. The van der Waals surface area contributed by atoms with E-state index in [1.165, 1.54) is 0 Å². The Morgan fingerprint density at radius 3 is 2.87 bits per heavy atom. The quantitative estimate of drug-likeness (QED) is 0.862. The lowest BCUT2D eigenvalue weighted by Gasteiger charge is -2.06. The summed E-state index contributed by atoms with van der Waals surface area (Å²) in [6, 6.07) is 0. The molecule has 0 spiro atoms. The highest BCUT2D eigenvalue weighted by Gasteiger charge is 2.13. The van der Waals surface area contributed by atoms with E-state index in [0.29, 0.717) is 11.4 Å². The summed E-state index contributed by atoms with van der Waals surface area (Å²) < 4.78 is 11.7. The molecule has 1 N–H and O–H groups in total. The van der Waals surface area contributed by atoms with Crippen LogP contribution in [0.3, 0.4) is 0 Å². The molecule has 0 amide bonds. The molecule has 1 aromatic rings. The molecule has 0 radical (unpaired) electrons. The molecular formula is C9H13NO3S2. The molecule has 0 aromatic carbocycles. The van der Waals surface area contributed by atoms with Crippen LogP contribution in [0.1, 0.15) is 35.8 Å². The van der Waals surface area contributed by atoms with Crippen LogP contribution in [-0.2, 0) is 16.6 Å². The van der Waals surface area contributed by atoms with Gasteiger partial charge in [0.05, 0.1) is 11.4 Å². The van der Waals surface area contributed by atoms with Crippen LogP contribution in [0.15, 0.2) is 5.38 Å². The topological polar surface area (TPSA) is 67.3 Å². The predicted octanol–water partition coefficient (Wildman–Crippen LogP) is 1.89. The fraction of sp³-hybridized carbons (Fsp3) is 0.556. The molecule has 0 saturated heterocycles. The lowest BCUT2D eigenvalue weighted by molar-refractivity contribution is 0.0696. The third-order valence-corrected chi connectivity index (χ3v) is 4.74. The molecule has 15 heavy (non-hydrogen) atoms. The van der Waals surface area contributed by atoms with Gasteiger partial charge in [-0.1, -0.05) is 13.8 Å². The Balaban J connectivity index is 2.65. The summed E-state index contributed by atoms with van der Waals surface area (Å²) in [6.07, 6.45) is 0.850. The zero-order valence-corrected chi connectivity index (χ0v) is 10.2. The van der Waals surface area contributed by atoms with Gasteiger partial charge in [-0.25, -0.2) is 9.78 Å². The smallest absolute Gasteiger partial charge is 0.365 e. The van der Waals surface area contributed by atoms with E-state index in [-0.39, 0.29) is 10.3 Å². The van der Waals surface area contributed by atoms with Gasteiger partial charge in [0.1, 0.15) is 0 Å². The maximum atomic E-state index is 11.7. The van der Waals surface area contributed by atoms with Crippen LogP contribution < -0.4 is 0 Å². The second-order valence-corrected chi connectivity index (χ2v) is 5.91. The fourth-order valence-electron chi connectivity index (χ4n) is 0.945. The van der Waals surface area contributed by atoms with E-state index in [0.717, 1.165) is 17.8 Å². The third-order valence-electron chi connectivity index (χ3n) is 2.05. The van der Waals surface area contributed by atoms with Crippen molar-refractivity contribution in [2.24, 2.45) is 0 Å². The Labute approximate surface area is 94.8 Å². The summed E-state index contributed by atoms with van der Waals surface area (Å²) in [4.78, 5) is 14.5. The van der Waals surface area contributed by atoms with Crippen molar-refractivity contribution < 1.29 is 14.1 Å². The van der Waals surface area contributed by atoms with Crippen LogP contribution in [0.2, 0.25) is 0 Å². The fourth-order valence-corrected chi connectivity index (χ4v) is 2.80. The average Bonchev–Trinajstić information content (AvgIpc) is 2.65. The highest BCUT2D eigenvalue weighted by Crippen LogP contribution is 2.13. The van der Waals surface area contributed by atoms with Crippen molar-refractivity contribution in [3.63, 3.8) is 0 Å². The van der Waals surface area contributed by atoms with Crippen molar-refractivity contribution in [1.29, 1.82) is 0 Å². The first-order valence-electron chi connectivity index (χ1n) is 4.59. The molecule has 84 valence electrons. The van der Waals surface area contributed by atoms with Crippen LogP contribution >= 0.6 is 11.3 Å². The zero-order chi connectivity index (χ0) is 11.4. The van der Waals surface area contributed by atoms with E-state index >= 15 is 0 Å². The number of thiazole rings is 1. The lowest BCUT2D eigenvalue weighted by atomic mass is 10.4. The Hall–Kier alpha value is -0.750. The Morgan fingerprint density at radius 2 is 2.40 bits per heavy atom. The van der Waals surface area contributed by atoms with Gasteiger partial charge in [-0.15, -0.1) is 11.3 Å². The van der Waals surface area contributed by atoms with Gasteiger partial charge in [-0.3, -0.25) is 4.21 Å². The zero-order valence-electron chi connectivity index (χ0n) is 8.60. The SMILES string of the molecule is CCC(C)S(=O)Cc1csc(C(=O)O)n1. The van der Waals surface area contributed by atoms with E-state index in [1.807, 2.05) is 13.8 Å². The van der Waals surface area contributed by atoms with Gasteiger partial charge in [-0.05, 0) is 6.42 Å². The molecule has 0 saturated carbocycles. The Kier molecular flexibility index (Phi) is 4.41. The summed E-state index contributed by atoms with van der Waals surface area (Å²) in [5.41, 5.74) is 0.607. The van der Waals surface area contributed by atoms with Crippen LogP contribution in [0.25, 0.3) is 0 Å². The molecule has 2 unspecified atom stereocenters. The van der Waals surface area contributed by atoms with Gasteiger partial charge in [-0.2, -0.15) is 0 Å². The van der Waals surface area contributed by atoms with Crippen molar-refractivity contribution >= 4 is 28.1 Å². The number of hydrogen-bond acceptors (Lipinski definition) is 4. The number of aromatic nitrogens is 1. The lowest BCUT2D eigenvalue weighted by Crippen LogP contribution is -2.11. The van der Waals surface area contributed by atoms with Gasteiger partial charge in [0.2, 0.25) is 5.01 Å². The summed E-state index contributed by atoms with van der Waals surface area (Å²) in [5, 5.41) is 10.5. The largest absolute Gasteiger partial charge is 0.476 e. The predicted molar refractivity (Wildman–Crippen MR) is 60.7 cm³/mol. The molecule has 0 aliphatic rings. The van der Waals surface area contributed by atoms with E-state index in [9.17, 15) is 9.00 Å². The number of carboxylic acids is 1. The van der Waals surface area contributed by atoms with Crippen molar-refractivity contribution in [2.45, 2.75) is 31.3 Å². The number of hydrogen-bond donors (Lipinski definition) is 1. The third kappa shape index (κ3) is 3.39. The first-order valence-corrected chi connectivity index (χ1v) is 6.85. The standard InChI is InChI=1S/C9H13NO3S2/c1-3-6(2)15(13)5-7-4-14-8(10-7)9(11)12/h4,6H,3,5H2,1-2H3,(H,11,12). The van der Waals surface area contributed by atoms with Crippen LogP contribution in [0.4, 0.5) is 0 Å². The second kappa shape index (κ2) is 5.37. The minimum Gasteiger partial charge on any atom is -0.476 e. The summed E-state index contributed by atoms with van der Waals surface area (Å²) >= 11 is 1.07. The number of carbonyl (C=O) groups is 1. The van der Waals surface area contributed by atoms with Gasteiger partial charge in [0.25, 0.3) is 0 Å². The number of aromatic carboxylic acids is 1. The molecule has 4 nitrogen and oxygen atoms in total. The maximum Gasteiger partial charge on any atom is 0.365 e. The summed E-state index contributed by atoms with van der Waals surface area (Å²) in [6.45, 7) is 3.90. The van der Waals surface area contributed by atoms with Crippen molar-refractivity contribution in [3.05, 3.63) is 16.1 Å². The van der Waals surface area contributed by atoms with E-state index in [1.54, 1.807) is 5.38 Å². The molecule has 2 atom stereocenters. The first kappa shape index (κ1) is 12.3. The van der Waals surface area contributed by atoms with Gasteiger partial charge < -0.3 is 5.11 Å². The number of carboxylic acid groups (broad SMARTS) is 1. The Bertz CT molecular complexity index is 375. The monoisotopic (exact) mass is 247 g/mol. The van der Waals surface area contributed by atoms with Gasteiger partial charge >= 0.3 is 5.97 Å².